The third-order valence-corrected chi connectivity index (χ3v) is 2.62. The molecule has 5 heteroatoms. The van der Waals surface area contributed by atoms with Gasteiger partial charge in [-0.25, -0.2) is 0 Å². The number of rotatable bonds is 3. The molecule has 1 heterocycles. The zero-order valence-corrected chi connectivity index (χ0v) is 8.65. The van der Waals surface area contributed by atoms with Gasteiger partial charge in [0.05, 0.1) is 0 Å². The second-order valence-corrected chi connectivity index (χ2v) is 3.79. The molecule has 0 amide bonds. The van der Waals surface area contributed by atoms with Crippen molar-refractivity contribution in [2.75, 3.05) is 11.9 Å². The minimum Gasteiger partial charge on any atom is -0.387 e. The lowest BCUT2D eigenvalue weighted by atomic mass is 10.1. The van der Waals surface area contributed by atoms with E-state index in [0.717, 1.165) is 5.69 Å². The maximum atomic E-state index is 9.53. The summed E-state index contributed by atoms with van der Waals surface area (Å²) < 4.78 is 5.00. The predicted octanol–water partition coefficient (Wildman–Crippen LogP) is -0.463. The van der Waals surface area contributed by atoms with Crippen LogP contribution in [-0.4, -0.2) is 46.5 Å². The van der Waals surface area contributed by atoms with Crippen LogP contribution in [0, 0.1) is 0 Å². The second kappa shape index (κ2) is 4.80. The molecule has 1 saturated heterocycles. The van der Waals surface area contributed by atoms with Crippen LogP contribution in [0.4, 0.5) is 5.69 Å². The Bertz CT molecular complexity index is 332. The van der Waals surface area contributed by atoms with Gasteiger partial charge in [-0.2, -0.15) is 0 Å². The number of benzene rings is 1. The van der Waals surface area contributed by atoms with Crippen LogP contribution >= 0.6 is 0 Å². The highest BCUT2D eigenvalue weighted by Gasteiger charge is 2.41. The summed E-state index contributed by atoms with van der Waals surface area (Å²) in [5.74, 6) is 0. The molecular formula is C11H15NO4. The highest BCUT2D eigenvalue weighted by molar-refractivity contribution is 5.42. The molecule has 0 aliphatic carbocycles. The van der Waals surface area contributed by atoms with E-state index >= 15 is 0 Å². The molecule has 88 valence electrons. The smallest absolute Gasteiger partial charge is 0.184 e. The monoisotopic (exact) mass is 225 g/mol. The third-order valence-electron chi connectivity index (χ3n) is 2.62. The number of para-hydroxylation sites is 1. The molecule has 16 heavy (non-hydrogen) atoms. The van der Waals surface area contributed by atoms with Gasteiger partial charge in [-0.15, -0.1) is 0 Å². The standard InChI is InChI=1S/C11H15NO4/c13-9-8(16-11(15)10(9)14)6-12-7-4-2-1-3-5-7/h1-5,8-15H,6H2/t8-,9+,10+,11+/m1/s1. The van der Waals surface area contributed by atoms with Gasteiger partial charge >= 0.3 is 0 Å². The van der Waals surface area contributed by atoms with Crippen LogP contribution in [0.25, 0.3) is 0 Å². The van der Waals surface area contributed by atoms with Crippen LogP contribution < -0.4 is 5.32 Å². The Morgan fingerprint density at radius 1 is 1.06 bits per heavy atom. The van der Waals surface area contributed by atoms with Crippen molar-refractivity contribution in [3.8, 4) is 0 Å². The van der Waals surface area contributed by atoms with E-state index in [1.54, 1.807) is 0 Å². The van der Waals surface area contributed by atoms with E-state index < -0.39 is 24.6 Å². The Labute approximate surface area is 93.3 Å². The van der Waals surface area contributed by atoms with Crippen molar-refractivity contribution >= 4 is 5.69 Å². The molecule has 1 aliphatic heterocycles. The van der Waals surface area contributed by atoms with E-state index in [1.165, 1.54) is 0 Å². The molecule has 2 rings (SSSR count). The second-order valence-electron chi connectivity index (χ2n) is 3.79. The topological polar surface area (TPSA) is 82.0 Å². The molecule has 1 aliphatic rings. The largest absolute Gasteiger partial charge is 0.387 e. The summed E-state index contributed by atoms with van der Waals surface area (Å²) in [4.78, 5) is 0. The van der Waals surface area contributed by atoms with E-state index in [2.05, 4.69) is 5.32 Å². The van der Waals surface area contributed by atoms with Crippen LogP contribution in [-0.2, 0) is 4.74 Å². The minimum atomic E-state index is -1.31. The number of nitrogens with one attached hydrogen (secondary N) is 1. The minimum absolute atomic E-state index is 0.333. The Morgan fingerprint density at radius 3 is 2.31 bits per heavy atom. The van der Waals surface area contributed by atoms with Gasteiger partial charge < -0.3 is 25.4 Å². The highest BCUT2D eigenvalue weighted by Crippen LogP contribution is 2.20. The summed E-state index contributed by atoms with van der Waals surface area (Å²) in [5, 5.41) is 31.0. The van der Waals surface area contributed by atoms with Gasteiger partial charge in [0.25, 0.3) is 0 Å². The Hall–Kier alpha value is -1.14. The van der Waals surface area contributed by atoms with Gasteiger partial charge in [0.2, 0.25) is 0 Å². The fourth-order valence-electron chi connectivity index (χ4n) is 1.67. The number of hydrogen-bond donors (Lipinski definition) is 4. The first-order valence-electron chi connectivity index (χ1n) is 5.17. The number of hydrogen-bond acceptors (Lipinski definition) is 5. The lowest BCUT2D eigenvalue weighted by Gasteiger charge is -2.15. The normalized spacial score (nSPS) is 33.9. The number of aliphatic hydroxyl groups is 3. The fourth-order valence-corrected chi connectivity index (χ4v) is 1.67. The Morgan fingerprint density at radius 2 is 1.75 bits per heavy atom. The lowest BCUT2D eigenvalue weighted by Crippen LogP contribution is -2.35. The van der Waals surface area contributed by atoms with E-state index in [9.17, 15) is 15.3 Å². The van der Waals surface area contributed by atoms with Crippen molar-refractivity contribution in [1.82, 2.24) is 0 Å². The van der Waals surface area contributed by atoms with Crippen molar-refractivity contribution in [1.29, 1.82) is 0 Å². The summed E-state index contributed by atoms with van der Waals surface area (Å²) in [5.41, 5.74) is 0.897. The van der Waals surface area contributed by atoms with Gasteiger partial charge in [-0.1, -0.05) is 18.2 Å². The van der Waals surface area contributed by atoms with E-state index in [1.807, 2.05) is 30.3 Å². The van der Waals surface area contributed by atoms with Gasteiger partial charge in [0.1, 0.15) is 18.3 Å². The van der Waals surface area contributed by atoms with Crippen molar-refractivity contribution in [2.45, 2.75) is 24.6 Å². The quantitative estimate of drug-likeness (QED) is 0.559. The molecule has 0 saturated carbocycles. The molecule has 0 radical (unpaired) electrons. The molecule has 0 bridgehead atoms. The SMILES string of the molecule is O[C@@H]1[C@H](O)[C@@H](O)O[C@@H]1CNc1ccccc1. The van der Waals surface area contributed by atoms with Crippen LogP contribution in [0.5, 0.6) is 0 Å². The molecular weight excluding hydrogens is 210 g/mol. The highest BCUT2D eigenvalue weighted by atomic mass is 16.6. The zero-order valence-electron chi connectivity index (χ0n) is 8.65. The summed E-state index contributed by atoms with van der Waals surface area (Å²) in [6.07, 6.45) is -4.21. The van der Waals surface area contributed by atoms with E-state index in [0.29, 0.717) is 6.54 Å². The average molecular weight is 225 g/mol. The summed E-state index contributed by atoms with van der Waals surface area (Å²) in [6, 6.07) is 9.44. The Kier molecular flexibility index (Phi) is 3.40. The number of aliphatic hydroxyl groups excluding tert-OH is 3. The molecule has 5 nitrogen and oxygen atoms in total. The molecule has 4 atom stereocenters. The summed E-state index contributed by atoms with van der Waals surface area (Å²) in [7, 11) is 0. The Balaban J connectivity index is 1.87. The molecule has 1 fully saturated rings. The van der Waals surface area contributed by atoms with Crippen molar-refractivity contribution in [2.24, 2.45) is 0 Å². The first-order valence-corrected chi connectivity index (χ1v) is 5.17. The first-order chi connectivity index (χ1) is 7.68. The molecule has 1 aromatic rings. The number of anilines is 1. The molecule has 0 unspecified atom stereocenters. The lowest BCUT2D eigenvalue weighted by molar-refractivity contribution is -0.124. The summed E-state index contributed by atoms with van der Waals surface area (Å²) >= 11 is 0. The third kappa shape index (κ3) is 2.33. The van der Waals surface area contributed by atoms with Crippen molar-refractivity contribution in [3.05, 3.63) is 30.3 Å². The van der Waals surface area contributed by atoms with Gasteiger partial charge in [-0.05, 0) is 12.1 Å². The van der Waals surface area contributed by atoms with E-state index in [4.69, 9.17) is 4.74 Å². The van der Waals surface area contributed by atoms with Crippen molar-refractivity contribution in [3.63, 3.8) is 0 Å². The predicted molar refractivity (Wildman–Crippen MR) is 57.8 cm³/mol. The van der Waals surface area contributed by atoms with Crippen LogP contribution in [0.15, 0.2) is 30.3 Å². The average Bonchev–Trinajstić information content (AvgIpc) is 2.56. The van der Waals surface area contributed by atoms with Crippen LogP contribution in [0.3, 0.4) is 0 Å². The number of ether oxygens (including phenoxy) is 1. The zero-order chi connectivity index (χ0) is 11.5. The first kappa shape index (κ1) is 11.3. The van der Waals surface area contributed by atoms with Gasteiger partial charge in [-0.3, -0.25) is 0 Å². The molecule has 1 aromatic carbocycles. The fraction of sp³-hybridized carbons (Fsp3) is 0.455. The molecule has 4 N–H and O–H groups in total. The van der Waals surface area contributed by atoms with Crippen LogP contribution in [0.1, 0.15) is 0 Å². The molecule has 0 spiro atoms. The maximum absolute atomic E-state index is 9.53. The van der Waals surface area contributed by atoms with Crippen LogP contribution in [0.2, 0.25) is 0 Å². The van der Waals surface area contributed by atoms with E-state index in [-0.39, 0.29) is 0 Å². The maximum Gasteiger partial charge on any atom is 0.184 e. The van der Waals surface area contributed by atoms with Crippen molar-refractivity contribution < 1.29 is 20.1 Å². The molecule has 0 aromatic heterocycles. The summed E-state index contributed by atoms with van der Waals surface area (Å²) in [6.45, 7) is 0.333. The van der Waals surface area contributed by atoms with Gasteiger partial charge in [0.15, 0.2) is 6.29 Å². The van der Waals surface area contributed by atoms with Gasteiger partial charge in [0, 0.05) is 12.2 Å².